The van der Waals surface area contributed by atoms with Gasteiger partial charge >= 0.3 is 13.6 Å². The van der Waals surface area contributed by atoms with E-state index in [1.54, 1.807) is 0 Å². The van der Waals surface area contributed by atoms with Gasteiger partial charge in [-0.15, -0.1) is 0 Å². The second-order valence-electron chi connectivity index (χ2n) is 1.87. The standard InChI is InChI=1S/C4H8NO5P/c1-3(4(6)7)5-2-11(8,9)10/h2-3H,1H3,(H,6,7)(H2,8,9,10). The van der Waals surface area contributed by atoms with Gasteiger partial charge in [0.05, 0.1) is 0 Å². The Labute approximate surface area is 62.7 Å². The molecule has 0 aliphatic carbocycles. The summed E-state index contributed by atoms with van der Waals surface area (Å²) in [7, 11) is -4.31. The highest BCUT2D eigenvalue weighted by molar-refractivity contribution is 7.67. The molecule has 11 heavy (non-hydrogen) atoms. The second kappa shape index (κ2) is 3.61. The molecule has 0 saturated heterocycles. The predicted molar refractivity (Wildman–Crippen MR) is 37.6 cm³/mol. The first-order valence-electron chi connectivity index (χ1n) is 2.65. The highest BCUT2D eigenvalue weighted by atomic mass is 31.2. The summed E-state index contributed by atoms with van der Waals surface area (Å²) in [6, 6.07) is -1.12. The van der Waals surface area contributed by atoms with E-state index in [0.717, 1.165) is 0 Å². The molecule has 0 bridgehead atoms. The number of carbonyl (C=O) groups is 1. The van der Waals surface area contributed by atoms with E-state index in [4.69, 9.17) is 14.9 Å². The molecule has 1 atom stereocenters. The van der Waals surface area contributed by atoms with Crippen LogP contribution in [0.5, 0.6) is 0 Å². The zero-order chi connectivity index (χ0) is 9.07. The van der Waals surface area contributed by atoms with Crippen LogP contribution in [0.4, 0.5) is 0 Å². The monoisotopic (exact) mass is 181 g/mol. The van der Waals surface area contributed by atoms with Crippen molar-refractivity contribution in [3.05, 3.63) is 0 Å². The van der Waals surface area contributed by atoms with Gasteiger partial charge in [0.1, 0.15) is 12.0 Å². The van der Waals surface area contributed by atoms with Crippen LogP contribution in [0.3, 0.4) is 0 Å². The van der Waals surface area contributed by atoms with Gasteiger partial charge in [-0.1, -0.05) is 0 Å². The summed E-state index contributed by atoms with van der Waals surface area (Å²) in [6.45, 7) is 1.22. The minimum absolute atomic E-state index is 0.339. The first-order valence-corrected chi connectivity index (χ1v) is 4.33. The molecule has 64 valence electrons. The Morgan fingerprint density at radius 2 is 2.09 bits per heavy atom. The Hall–Kier alpha value is -0.710. The van der Waals surface area contributed by atoms with Gasteiger partial charge in [-0.3, -0.25) is 9.56 Å². The summed E-state index contributed by atoms with van der Waals surface area (Å²) in [5, 5.41) is 8.21. The summed E-state index contributed by atoms with van der Waals surface area (Å²) in [6.07, 6.45) is 0. The van der Waals surface area contributed by atoms with Crippen LogP contribution in [0.2, 0.25) is 0 Å². The van der Waals surface area contributed by atoms with E-state index in [1.165, 1.54) is 6.92 Å². The lowest BCUT2D eigenvalue weighted by Gasteiger charge is -1.98. The van der Waals surface area contributed by atoms with Crippen molar-refractivity contribution in [1.82, 2.24) is 0 Å². The molecule has 0 saturated carbocycles. The summed E-state index contributed by atoms with van der Waals surface area (Å²) in [5.74, 6) is -0.888. The number of rotatable bonds is 3. The average molecular weight is 181 g/mol. The first-order chi connectivity index (χ1) is 4.83. The largest absolute Gasteiger partial charge is 0.480 e. The predicted octanol–water partition coefficient (Wildman–Crippen LogP) is -0.334. The first kappa shape index (κ1) is 10.3. The van der Waals surface area contributed by atoms with Crippen molar-refractivity contribution in [2.75, 3.05) is 0 Å². The number of hydrogen-bond acceptors (Lipinski definition) is 3. The zero-order valence-corrected chi connectivity index (χ0v) is 6.60. The van der Waals surface area contributed by atoms with Gasteiger partial charge in [0, 0.05) is 0 Å². The van der Waals surface area contributed by atoms with Crippen LogP contribution < -0.4 is 0 Å². The Bertz CT molecular complexity index is 219. The van der Waals surface area contributed by atoms with E-state index in [1.807, 2.05) is 0 Å². The third-order valence-electron chi connectivity index (χ3n) is 0.798. The SMILES string of the molecule is CC(N=CP(=O)(O)O)C(=O)O. The van der Waals surface area contributed by atoms with Crippen molar-refractivity contribution in [2.24, 2.45) is 4.99 Å². The molecule has 0 aromatic rings. The Balaban J connectivity index is 4.15. The van der Waals surface area contributed by atoms with Crippen LogP contribution in [0.15, 0.2) is 4.99 Å². The zero-order valence-electron chi connectivity index (χ0n) is 5.71. The van der Waals surface area contributed by atoms with E-state index < -0.39 is 19.6 Å². The van der Waals surface area contributed by atoms with E-state index in [-0.39, 0.29) is 0 Å². The van der Waals surface area contributed by atoms with Gasteiger partial charge in [-0.25, -0.2) is 4.79 Å². The molecule has 0 aromatic carbocycles. The molecule has 0 heterocycles. The molecule has 0 aliphatic heterocycles. The molecule has 0 fully saturated rings. The topological polar surface area (TPSA) is 107 Å². The summed E-state index contributed by atoms with van der Waals surface area (Å²) < 4.78 is 10.1. The van der Waals surface area contributed by atoms with Gasteiger partial charge in [0.2, 0.25) is 0 Å². The number of carboxylic acid groups (broad SMARTS) is 1. The van der Waals surface area contributed by atoms with Crippen molar-refractivity contribution in [3.63, 3.8) is 0 Å². The number of aliphatic imine (C=N–C) groups is 1. The molecule has 6 nitrogen and oxygen atoms in total. The molecule has 0 aliphatic rings. The minimum atomic E-state index is -4.31. The Kier molecular flexibility index (Phi) is 3.38. The molecule has 0 radical (unpaired) electrons. The maximum atomic E-state index is 10.1. The number of aliphatic carboxylic acids is 1. The molecule has 0 rings (SSSR count). The molecular formula is C4H8NO5P. The van der Waals surface area contributed by atoms with Gasteiger partial charge < -0.3 is 14.9 Å². The highest BCUT2D eigenvalue weighted by Gasteiger charge is 2.12. The fourth-order valence-corrected chi connectivity index (χ4v) is 0.624. The van der Waals surface area contributed by atoms with Crippen LogP contribution in [-0.4, -0.2) is 32.9 Å². The molecule has 1 unspecified atom stereocenters. The molecule has 3 N–H and O–H groups in total. The van der Waals surface area contributed by atoms with Crippen molar-refractivity contribution in [1.29, 1.82) is 0 Å². The molecule has 0 spiro atoms. The normalized spacial score (nSPS) is 15.2. The van der Waals surface area contributed by atoms with Gasteiger partial charge in [0.25, 0.3) is 0 Å². The number of nitrogens with zero attached hydrogens (tertiary/aromatic N) is 1. The van der Waals surface area contributed by atoms with Crippen molar-refractivity contribution >= 4 is 19.5 Å². The van der Waals surface area contributed by atoms with Gasteiger partial charge in [0.15, 0.2) is 0 Å². The maximum Gasteiger partial charge on any atom is 0.366 e. The summed E-state index contributed by atoms with van der Waals surface area (Å²) >= 11 is 0. The minimum Gasteiger partial charge on any atom is -0.480 e. The summed E-state index contributed by atoms with van der Waals surface area (Å²) in [4.78, 5) is 29.6. The number of hydrogen-bond donors (Lipinski definition) is 3. The highest BCUT2D eigenvalue weighted by Crippen LogP contribution is 2.30. The van der Waals surface area contributed by atoms with Crippen LogP contribution in [-0.2, 0) is 9.36 Å². The lowest BCUT2D eigenvalue weighted by molar-refractivity contribution is -0.137. The van der Waals surface area contributed by atoms with Crippen molar-refractivity contribution in [2.45, 2.75) is 13.0 Å². The lowest BCUT2D eigenvalue weighted by atomic mass is 10.4. The molecule has 0 aromatic heterocycles. The van der Waals surface area contributed by atoms with Crippen molar-refractivity contribution in [3.8, 4) is 0 Å². The third kappa shape index (κ3) is 5.72. The van der Waals surface area contributed by atoms with E-state index in [2.05, 4.69) is 4.99 Å². The molecular weight excluding hydrogens is 173 g/mol. The lowest BCUT2D eigenvalue weighted by Crippen LogP contribution is -2.12. The molecule has 7 heteroatoms. The number of carboxylic acids is 1. The smallest absolute Gasteiger partial charge is 0.366 e. The fraction of sp³-hybridized carbons (Fsp3) is 0.500. The van der Waals surface area contributed by atoms with Crippen molar-refractivity contribution < 1.29 is 24.3 Å². The quantitative estimate of drug-likeness (QED) is 0.408. The molecule has 0 amide bonds. The van der Waals surface area contributed by atoms with E-state index >= 15 is 0 Å². The second-order valence-corrected chi connectivity index (χ2v) is 3.28. The summed E-state index contributed by atoms with van der Waals surface area (Å²) in [5.41, 5.74) is 0. The van der Waals surface area contributed by atoms with Gasteiger partial charge in [-0.2, -0.15) is 0 Å². The fourth-order valence-electron chi connectivity index (χ4n) is 0.251. The van der Waals surface area contributed by atoms with Crippen LogP contribution in [0.1, 0.15) is 6.92 Å². The Morgan fingerprint density at radius 3 is 2.36 bits per heavy atom. The van der Waals surface area contributed by atoms with Crippen LogP contribution >= 0.6 is 7.60 Å². The average Bonchev–Trinajstić information content (AvgIpc) is 1.80. The Morgan fingerprint density at radius 1 is 1.64 bits per heavy atom. The maximum absolute atomic E-state index is 10.1. The third-order valence-corrected chi connectivity index (χ3v) is 1.23. The van der Waals surface area contributed by atoms with E-state index in [0.29, 0.717) is 5.96 Å². The van der Waals surface area contributed by atoms with Crippen LogP contribution in [0.25, 0.3) is 0 Å². The van der Waals surface area contributed by atoms with Gasteiger partial charge in [-0.05, 0) is 6.92 Å². The van der Waals surface area contributed by atoms with E-state index in [9.17, 15) is 9.36 Å². The van der Waals surface area contributed by atoms with Crippen LogP contribution in [0, 0.1) is 0 Å².